The number of benzene rings is 1. The molecule has 1 saturated heterocycles. The molecule has 0 spiro atoms. The number of rotatable bonds is 6. The summed E-state index contributed by atoms with van der Waals surface area (Å²) < 4.78 is 11.3. The van der Waals surface area contributed by atoms with E-state index in [4.69, 9.17) is 15.2 Å². The number of nitrogens with two attached hydrogens (primary N) is 1. The molecule has 0 radical (unpaired) electrons. The zero-order valence-electron chi connectivity index (χ0n) is 14.2. The summed E-state index contributed by atoms with van der Waals surface area (Å²) in [7, 11) is 3.83. The van der Waals surface area contributed by atoms with E-state index in [1.807, 2.05) is 19.9 Å². The minimum Gasteiger partial charge on any atom is -0.493 e. The Balaban J connectivity index is 2.21. The summed E-state index contributed by atoms with van der Waals surface area (Å²) in [5.74, 6) is 1.56. The van der Waals surface area contributed by atoms with Crippen molar-refractivity contribution >= 4 is 0 Å². The molecule has 5 nitrogen and oxygen atoms in total. The van der Waals surface area contributed by atoms with Crippen molar-refractivity contribution < 1.29 is 9.47 Å². The Hall–Kier alpha value is -1.30. The van der Waals surface area contributed by atoms with Crippen molar-refractivity contribution in [3.05, 3.63) is 23.8 Å². The van der Waals surface area contributed by atoms with E-state index in [9.17, 15) is 0 Å². The quantitative estimate of drug-likeness (QED) is 0.867. The molecule has 22 heavy (non-hydrogen) atoms. The van der Waals surface area contributed by atoms with Crippen LogP contribution in [0.15, 0.2) is 18.2 Å². The molecule has 1 aliphatic heterocycles. The van der Waals surface area contributed by atoms with Crippen LogP contribution in [0, 0.1) is 0 Å². The number of hydrogen-bond acceptors (Lipinski definition) is 5. The van der Waals surface area contributed by atoms with Crippen molar-refractivity contribution in [1.82, 2.24) is 9.80 Å². The van der Waals surface area contributed by atoms with Crippen LogP contribution in [0.4, 0.5) is 0 Å². The summed E-state index contributed by atoms with van der Waals surface area (Å²) in [6, 6.07) is 6.39. The van der Waals surface area contributed by atoms with E-state index in [0.717, 1.165) is 37.7 Å². The molecule has 0 bridgehead atoms. The van der Waals surface area contributed by atoms with Gasteiger partial charge in [0.05, 0.1) is 13.2 Å². The maximum atomic E-state index is 6.06. The van der Waals surface area contributed by atoms with Crippen LogP contribution in [-0.2, 0) is 0 Å². The lowest BCUT2D eigenvalue weighted by molar-refractivity contribution is 0.114. The Bertz CT molecular complexity index is 471. The first-order chi connectivity index (χ1) is 10.5. The monoisotopic (exact) mass is 307 g/mol. The van der Waals surface area contributed by atoms with Crippen molar-refractivity contribution in [2.24, 2.45) is 5.73 Å². The maximum Gasteiger partial charge on any atom is 0.161 e. The predicted octanol–water partition coefficient (Wildman–Crippen LogP) is 1.73. The maximum absolute atomic E-state index is 6.06. The first-order valence-corrected chi connectivity index (χ1v) is 8.02. The number of likely N-dealkylation sites (N-methyl/N-ethyl adjacent to an activating group) is 1. The van der Waals surface area contributed by atoms with E-state index >= 15 is 0 Å². The fraction of sp³-hybridized carbons (Fsp3) is 0.647. The van der Waals surface area contributed by atoms with Gasteiger partial charge in [-0.15, -0.1) is 0 Å². The molecule has 0 amide bonds. The first-order valence-electron chi connectivity index (χ1n) is 8.02. The third-order valence-electron chi connectivity index (χ3n) is 4.14. The van der Waals surface area contributed by atoms with E-state index in [0.29, 0.717) is 6.54 Å². The highest BCUT2D eigenvalue weighted by Gasteiger charge is 2.23. The van der Waals surface area contributed by atoms with Crippen LogP contribution in [0.1, 0.15) is 25.5 Å². The molecule has 1 aromatic carbocycles. The molecule has 1 unspecified atom stereocenters. The molecule has 1 fully saturated rings. The Morgan fingerprint density at radius 1 is 1.14 bits per heavy atom. The van der Waals surface area contributed by atoms with Crippen molar-refractivity contribution in [3.8, 4) is 11.5 Å². The number of ether oxygens (including phenoxy) is 2. The summed E-state index contributed by atoms with van der Waals surface area (Å²) in [6.07, 6.45) is 0.115. The van der Waals surface area contributed by atoms with Crippen LogP contribution >= 0.6 is 0 Å². The van der Waals surface area contributed by atoms with Gasteiger partial charge in [0.15, 0.2) is 11.5 Å². The van der Waals surface area contributed by atoms with Gasteiger partial charge in [-0.25, -0.2) is 0 Å². The summed E-state index contributed by atoms with van der Waals surface area (Å²) in [6.45, 7) is 8.91. The Kier molecular flexibility index (Phi) is 6.06. The Morgan fingerprint density at radius 3 is 2.36 bits per heavy atom. The van der Waals surface area contributed by atoms with E-state index in [-0.39, 0.29) is 12.1 Å². The van der Waals surface area contributed by atoms with Gasteiger partial charge < -0.3 is 20.1 Å². The molecule has 5 heteroatoms. The molecular formula is C17H29N3O2. The van der Waals surface area contributed by atoms with Crippen LogP contribution in [0.5, 0.6) is 11.5 Å². The standard InChI is InChI=1S/C17H29N3O2/c1-13(2)22-17-11-14(5-6-16(17)21-4)15(12-18)20-9-7-19(3)8-10-20/h5-6,11,13,15H,7-10,12,18H2,1-4H3. The lowest BCUT2D eigenvalue weighted by Gasteiger charge is -2.37. The van der Waals surface area contributed by atoms with Crippen LogP contribution in [0.25, 0.3) is 0 Å². The molecule has 0 aromatic heterocycles. The van der Waals surface area contributed by atoms with Gasteiger partial charge in [0.25, 0.3) is 0 Å². The van der Waals surface area contributed by atoms with Crippen molar-refractivity contribution in [2.45, 2.75) is 26.0 Å². The van der Waals surface area contributed by atoms with Gasteiger partial charge >= 0.3 is 0 Å². The SMILES string of the molecule is COc1ccc(C(CN)N2CCN(C)CC2)cc1OC(C)C. The van der Waals surface area contributed by atoms with Crippen molar-refractivity contribution in [3.63, 3.8) is 0 Å². The Labute approximate surface area is 134 Å². The average molecular weight is 307 g/mol. The molecule has 2 rings (SSSR count). The van der Waals surface area contributed by atoms with Crippen LogP contribution in [-0.4, -0.2) is 62.8 Å². The lowest BCUT2D eigenvalue weighted by atomic mass is 10.0. The van der Waals surface area contributed by atoms with Gasteiger partial charge in [-0.2, -0.15) is 0 Å². The van der Waals surface area contributed by atoms with E-state index in [1.54, 1.807) is 7.11 Å². The van der Waals surface area contributed by atoms with Crippen LogP contribution in [0.3, 0.4) is 0 Å². The second-order valence-corrected chi connectivity index (χ2v) is 6.17. The normalized spacial score (nSPS) is 18.5. The minimum absolute atomic E-state index is 0.115. The third-order valence-corrected chi connectivity index (χ3v) is 4.14. The molecule has 124 valence electrons. The molecule has 1 heterocycles. The predicted molar refractivity (Wildman–Crippen MR) is 89.6 cm³/mol. The van der Waals surface area contributed by atoms with Crippen molar-refractivity contribution in [1.29, 1.82) is 0 Å². The Morgan fingerprint density at radius 2 is 1.82 bits per heavy atom. The number of piperazine rings is 1. The lowest BCUT2D eigenvalue weighted by Crippen LogP contribution is -2.47. The summed E-state index contributed by atoms with van der Waals surface area (Å²) in [5.41, 5.74) is 7.26. The van der Waals surface area contributed by atoms with E-state index in [1.165, 1.54) is 5.56 Å². The van der Waals surface area contributed by atoms with Crippen LogP contribution < -0.4 is 15.2 Å². The van der Waals surface area contributed by atoms with Gasteiger partial charge in [0, 0.05) is 38.8 Å². The van der Waals surface area contributed by atoms with Gasteiger partial charge in [0.1, 0.15) is 0 Å². The van der Waals surface area contributed by atoms with Gasteiger partial charge in [-0.05, 0) is 38.6 Å². The van der Waals surface area contributed by atoms with Gasteiger partial charge in [-0.3, -0.25) is 4.90 Å². The molecule has 2 N–H and O–H groups in total. The largest absolute Gasteiger partial charge is 0.493 e. The molecule has 0 saturated carbocycles. The summed E-state index contributed by atoms with van der Waals surface area (Å²) >= 11 is 0. The molecule has 1 aliphatic rings. The highest BCUT2D eigenvalue weighted by Crippen LogP contribution is 2.32. The summed E-state index contributed by atoms with van der Waals surface area (Å²) in [4.78, 5) is 4.81. The second kappa shape index (κ2) is 7.81. The third kappa shape index (κ3) is 4.12. The average Bonchev–Trinajstić information content (AvgIpc) is 2.49. The van der Waals surface area contributed by atoms with Crippen molar-refractivity contribution in [2.75, 3.05) is 46.9 Å². The highest BCUT2D eigenvalue weighted by atomic mass is 16.5. The van der Waals surface area contributed by atoms with Gasteiger partial charge in [0.2, 0.25) is 0 Å². The number of hydrogen-bond donors (Lipinski definition) is 1. The van der Waals surface area contributed by atoms with E-state index < -0.39 is 0 Å². The van der Waals surface area contributed by atoms with E-state index in [2.05, 4.69) is 29.0 Å². The van der Waals surface area contributed by atoms with Gasteiger partial charge in [-0.1, -0.05) is 6.07 Å². The van der Waals surface area contributed by atoms with Crippen LogP contribution in [0.2, 0.25) is 0 Å². The summed E-state index contributed by atoms with van der Waals surface area (Å²) in [5, 5.41) is 0. The molecule has 0 aliphatic carbocycles. The second-order valence-electron chi connectivity index (χ2n) is 6.17. The molecule has 1 aromatic rings. The minimum atomic E-state index is 0.115. The number of nitrogens with zero attached hydrogens (tertiary/aromatic N) is 2. The molecular weight excluding hydrogens is 278 g/mol. The number of methoxy groups -OCH3 is 1. The molecule has 1 atom stereocenters. The fourth-order valence-corrected chi connectivity index (χ4v) is 2.88. The fourth-order valence-electron chi connectivity index (χ4n) is 2.88. The zero-order chi connectivity index (χ0) is 16.1. The highest BCUT2D eigenvalue weighted by molar-refractivity contribution is 5.44. The topological polar surface area (TPSA) is 51.0 Å². The first kappa shape index (κ1) is 17.1. The zero-order valence-corrected chi connectivity index (χ0v) is 14.2. The smallest absolute Gasteiger partial charge is 0.161 e.